The van der Waals surface area contributed by atoms with Gasteiger partial charge in [-0.1, -0.05) is 33.8 Å². The lowest BCUT2D eigenvalue weighted by Crippen LogP contribution is -2.30. The van der Waals surface area contributed by atoms with E-state index in [4.69, 9.17) is 5.84 Å². The molecule has 0 amide bonds. The third-order valence-electron chi connectivity index (χ3n) is 4.49. The van der Waals surface area contributed by atoms with Crippen LogP contribution in [0.25, 0.3) is 0 Å². The summed E-state index contributed by atoms with van der Waals surface area (Å²) in [5.41, 5.74) is 3.73. The van der Waals surface area contributed by atoms with E-state index < -0.39 is 0 Å². The standard InChI is InChI=1S/C12H20N2S/c1-11(2)10(12(11,3)4)9(14-13)8-6-5-7-15-8/h5-7,9-10,14H,13H2,1-4H3. The summed E-state index contributed by atoms with van der Waals surface area (Å²) in [6.07, 6.45) is 0. The summed E-state index contributed by atoms with van der Waals surface area (Å²) in [6.45, 7) is 9.32. The van der Waals surface area contributed by atoms with Gasteiger partial charge in [0.1, 0.15) is 0 Å². The molecule has 1 atom stereocenters. The lowest BCUT2D eigenvalue weighted by molar-refractivity contribution is 0.423. The highest BCUT2D eigenvalue weighted by Gasteiger charge is 2.67. The minimum Gasteiger partial charge on any atom is -0.271 e. The summed E-state index contributed by atoms with van der Waals surface area (Å²) in [5.74, 6) is 6.32. The van der Waals surface area contributed by atoms with Gasteiger partial charge in [0.2, 0.25) is 0 Å². The predicted molar refractivity (Wildman–Crippen MR) is 65.4 cm³/mol. The van der Waals surface area contributed by atoms with E-state index in [2.05, 4.69) is 50.6 Å². The fourth-order valence-corrected chi connectivity index (χ4v) is 3.71. The zero-order chi connectivity index (χ0) is 11.3. The molecular formula is C12H20N2S. The summed E-state index contributed by atoms with van der Waals surface area (Å²) in [5, 5.41) is 2.11. The molecule has 1 heterocycles. The topological polar surface area (TPSA) is 38.0 Å². The van der Waals surface area contributed by atoms with Crippen LogP contribution in [0, 0.1) is 16.7 Å². The van der Waals surface area contributed by atoms with Gasteiger partial charge in [0.05, 0.1) is 6.04 Å². The summed E-state index contributed by atoms with van der Waals surface area (Å²) in [4.78, 5) is 1.35. The monoisotopic (exact) mass is 224 g/mol. The predicted octanol–water partition coefficient (Wildman–Crippen LogP) is 2.93. The lowest BCUT2D eigenvalue weighted by Gasteiger charge is -2.16. The Morgan fingerprint density at radius 3 is 2.27 bits per heavy atom. The molecule has 1 unspecified atom stereocenters. The van der Waals surface area contributed by atoms with Crippen molar-refractivity contribution < 1.29 is 0 Å². The molecule has 0 bridgehead atoms. The van der Waals surface area contributed by atoms with E-state index in [1.165, 1.54) is 4.88 Å². The summed E-state index contributed by atoms with van der Waals surface area (Å²) in [7, 11) is 0. The third kappa shape index (κ3) is 1.45. The fourth-order valence-electron chi connectivity index (χ4n) is 2.89. The van der Waals surface area contributed by atoms with Crippen molar-refractivity contribution in [3.05, 3.63) is 22.4 Å². The smallest absolute Gasteiger partial charge is 0.0591 e. The molecule has 0 aliphatic heterocycles. The van der Waals surface area contributed by atoms with Crippen LogP contribution in [-0.4, -0.2) is 0 Å². The second-order valence-electron chi connectivity index (χ2n) is 5.58. The Kier molecular flexibility index (Phi) is 2.45. The number of hydrazine groups is 1. The van der Waals surface area contributed by atoms with E-state index >= 15 is 0 Å². The maximum absolute atomic E-state index is 5.70. The summed E-state index contributed by atoms with van der Waals surface area (Å²) >= 11 is 1.78. The van der Waals surface area contributed by atoms with E-state index in [-0.39, 0.29) is 0 Å². The zero-order valence-electron chi connectivity index (χ0n) is 9.87. The summed E-state index contributed by atoms with van der Waals surface area (Å²) in [6, 6.07) is 4.56. The Morgan fingerprint density at radius 1 is 1.33 bits per heavy atom. The van der Waals surface area contributed by atoms with Crippen LogP contribution in [0.1, 0.15) is 38.6 Å². The highest BCUT2D eigenvalue weighted by Crippen LogP contribution is 2.72. The molecule has 1 aliphatic carbocycles. The van der Waals surface area contributed by atoms with E-state index in [9.17, 15) is 0 Å². The lowest BCUT2D eigenvalue weighted by atomic mass is 10.0. The molecule has 0 spiro atoms. The van der Waals surface area contributed by atoms with Gasteiger partial charge in [0, 0.05) is 4.88 Å². The van der Waals surface area contributed by atoms with E-state index in [0.717, 1.165) is 0 Å². The summed E-state index contributed by atoms with van der Waals surface area (Å²) < 4.78 is 0. The minimum absolute atomic E-state index is 0.301. The second kappa shape index (κ2) is 3.30. The van der Waals surface area contributed by atoms with E-state index in [1.54, 1.807) is 11.3 Å². The number of hydrogen-bond acceptors (Lipinski definition) is 3. The van der Waals surface area contributed by atoms with Crippen LogP contribution in [0.15, 0.2) is 17.5 Å². The number of thiophene rings is 1. The maximum atomic E-state index is 5.70. The second-order valence-corrected chi connectivity index (χ2v) is 6.56. The molecule has 0 aromatic carbocycles. The van der Waals surface area contributed by atoms with Crippen molar-refractivity contribution in [1.29, 1.82) is 0 Å². The number of nitrogens with one attached hydrogen (secondary N) is 1. The van der Waals surface area contributed by atoms with Gasteiger partial charge < -0.3 is 0 Å². The maximum Gasteiger partial charge on any atom is 0.0591 e. The largest absolute Gasteiger partial charge is 0.271 e. The number of nitrogens with two attached hydrogens (primary N) is 1. The van der Waals surface area contributed by atoms with Crippen LogP contribution in [0.5, 0.6) is 0 Å². The van der Waals surface area contributed by atoms with Gasteiger partial charge in [-0.05, 0) is 28.2 Å². The van der Waals surface area contributed by atoms with Crippen LogP contribution < -0.4 is 11.3 Å². The van der Waals surface area contributed by atoms with Gasteiger partial charge in [0.25, 0.3) is 0 Å². The molecular weight excluding hydrogens is 204 g/mol. The van der Waals surface area contributed by atoms with Gasteiger partial charge in [-0.15, -0.1) is 11.3 Å². The quantitative estimate of drug-likeness (QED) is 0.612. The van der Waals surface area contributed by atoms with Crippen molar-refractivity contribution in [2.45, 2.75) is 33.7 Å². The molecule has 15 heavy (non-hydrogen) atoms. The first-order valence-electron chi connectivity index (χ1n) is 5.42. The highest BCUT2D eigenvalue weighted by atomic mass is 32.1. The molecule has 2 nitrogen and oxygen atoms in total. The average Bonchev–Trinajstić information content (AvgIpc) is 2.63. The van der Waals surface area contributed by atoms with Crippen molar-refractivity contribution in [3.8, 4) is 0 Å². The van der Waals surface area contributed by atoms with Gasteiger partial charge in [-0.3, -0.25) is 11.3 Å². The van der Waals surface area contributed by atoms with Gasteiger partial charge in [-0.2, -0.15) is 0 Å². The first kappa shape index (κ1) is 11.1. The van der Waals surface area contributed by atoms with Gasteiger partial charge >= 0.3 is 0 Å². The Hall–Kier alpha value is -0.380. The SMILES string of the molecule is CC1(C)C(C(NN)c2cccs2)C1(C)C. The third-order valence-corrected chi connectivity index (χ3v) is 5.45. The Labute approximate surface area is 95.8 Å². The Bertz CT molecular complexity index is 327. The normalized spacial score (nSPS) is 25.1. The molecule has 1 aromatic rings. The molecule has 1 aliphatic rings. The van der Waals surface area contributed by atoms with Crippen molar-refractivity contribution in [3.63, 3.8) is 0 Å². The first-order chi connectivity index (χ1) is 6.93. The van der Waals surface area contributed by atoms with Gasteiger partial charge in [0.15, 0.2) is 0 Å². The molecule has 0 saturated heterocycles. The molecule has 1 fully saturated rings. The molecule has 2 rings (SSSR count). The highest BCUT2D eigenvalue weighted by molar-refractivity contribution is 7.10. The van der Waals surface area contributed by atoms with Crippen molar-refractivity contribution in [2.24, 2.45) is 22.6 Å². The molecule has 84 valence electrons. The van der Waals surface area contributed by atoms with E-state index in [0.29, 0.717) is 22.8 Å². The van der Waals surface area contributed by atoms with Crippen LogP contribution in [0.2, 0.25) is 0 Å². The van der Waals surface area contributed by atoms with Crippen LogP contribution in [-0.2, 0) is 0 Å². The fraction of sp³-hybridized carbons (Fsp3) is 0.667. The molecule has 3 N–H and O–H groups in total. The van der Waals surface area contributed by atoms with E-state index in [1.807, 2.05) is 0 Å². The van der Waals surface area contributed by atoms with Crippen LogP contribution >= 0.6 is 11.3 Å². The van der Waals surface area contributed by atoms with Crippen LogP contribution in [0.4, 0.5) is 0 Å². The van der Waals surface area contributed by atoms with Crippen LogP contribution in [0.3, 0.4) is 0 Å². The molecule has 0 radical (unpaired) electrons. The molecule has 1 saturated carbocycles. The zero-order valence-corrected chi connectivity index (χ0v) is 10.7. The first-order valence-corrected chi connectivity index (χ1v) is 6.30. The van der Waals surface area contributed by atoms with Crippen molar-refractivity contribution >= 4 is 11.3 Å². The Morgan fingerprint density at radius 2 is 1.93 bits per heavy atom. The Balaban J connectivity index is 2.25. The number of hydrogen-bond donors (Lipinski definition) is 2. The van der Waals surface area contributed by atoms with Crippen molar-refractivity contribution in [2.75, 3.05) is 0 Å². The van der Waals surface area contributed by atoms with Gasteiger partial charge in [-0.25, -0.2) is 0 Å². The average molecular weight is 224 g/mol. The minimum atomic E-state index is 0.301. The molecule has 1 aromatic heterocycles. The molecule has 3 heteroatoms. The number of rotatable bonds is 3. The van der Waals surface area contributed by atoms with Crippen molar-refractivity contribution in [1.82, 2.24) is 5.43 Å².